The molecule has 0 aliphatic carbocycles. The number of ether oxygens (including phenoxy) is 1. The van der Waals surface area contributed by atoms with Crippen LogP contribution in [0.15, 0.2) is 6.20 Å². The van der Waals surface area contributed by atoms with Gasteiger partial charge < -0.3 is 10.1 Å². The maximum absolute atomic E-state index is 13.4. The van der Waals surface area contributed by atoms with Crippen LogP contribution in [0.25, 0.3) is 0 Å². The fourth-order valence-electron chi connectivity index (χ4n) is 1.58. The minimum absolute atomic E-state index is 0.0177. The first-order valence-corrected chi connectivity index (χ1v) is 5.96. The Labute approximate surface area is 102 Å². The van der Waals surface area contributed by atoms with Crippen LogP contribution in [0.2, 0.25) is 0 Å². The van der Waals surface area contributed by atoms with E-state index in [1.54, 1.807) is 0 Å². The average Bonchev–Trinajstić information content (AvgIpc) is 2.22. The van der Waals surface area contributed by atoms with E-state index < -0.39 is 5.82 Å². The minimum atomic E-state index is -0.526. The van der Waals surface area contributed by atoms with Crippen LogP contribution >= 0.6 is 0 Å². The molecule has 0 aliphatic rings. The third-order valence-electron chi connectivity index (χ3n) is 2.16. The van der Waals surface area contributed by atoms with Crippen molar-refractivity contribution < 1.29 is 9.13 Å². The quantitative estimate of drug-likeness (QED) is 0.832. The second-order valence-corrected chi connectivity index (χ2v) is 4.44. The number of hydrogen-bond donors (Lipinski definition) is 1. The molecule has 1 atom stereocenters. The molecule has 1 unspecified atom stereocenters. The molecule has 1 heterocycles. The molecule has 0 saturated heterocycles. The summed E-state index contributed by atoms with van der Waals surface area (Å²) in [7, 11) is 0. The monoisotopic (exact) mass is 241 g/mol. The maximum Gasteiger partial charge on any atom is 0.255 e. The zero-order chi connectivity index (χ0) is 12.8. The molecule has 1 N–H and O–H groups in total. The number of anilines is 1. The van der Waals surface area contributed by atoms with Gasteiger partial charge >= 0.3 is 0 Å². The van der Waals surface area contributed by atoms with Gasteiger partial charge in [0.05, 0.1) is 12.3 Å². The molecule has 0 aliphatic heterocycles. The first-order chi connectivity index (χ1) is 8.02. The lowest BCUT2D eigenvalue weighted by Crippen LogP contribution is -2.16. The Balaban J connectivity index is 2.71. The number of halogens is 1. The largest absolute Gasteiger partial charge is 0.472 e. The molecule has 1 aromatic heterocycles. The summed E-state index contributed by atoms with van der Waals surface area (Å²) in [6, 6.07) is 0. The van der Waals surface area contributed by atoms with Gasteiger partial charge in [-0.15, -0.1) is 0 Å². The molecule has 17 heavy (non-hydrogen) atoms. The maximum atomic E-state index is 13.4. The van der Waals surface area contributed by atoms with Gasteiger partial charge in [-0.2, -0.15) is 9.37 Å². The Morgan fingerprint density at radius 2 is 2.12 bits per heavy atom. The van der Waals surface area contributed by atoms with Crippen molar-refractivity contribution in [2.24, 2.45) is 5.92 Å². The van der Waals surface area contributed by atoms with E-state index in [9.17, 15) is 4.39 Å². The highest BCUT2D eigenvalue weighted by Crippen LogP contribution is 2.18. The van der Waals surface area contributed by atoms with Gasteiger partial charge in [-0.05, 0) is 26.2 Å². The smallest absolute Gasteiger partial charge is 0.255 e. The van der Waals surface area contributed by atoms with E-state index in [2.05, 4.69) is 29.1 Å². The van der Waals surface area contributed by atoms with Crippen LogP contribution in [0.4, 0.5) is 10.3 Å². The predicted octanol–water partition coefficient (Wildman–Crippen LogP) is 2.86. The third-order valence-corrected chi connectivity index (χ3v) is 2.16. The Morgan fingerprint density at radius 1 is 1.41 bits per heavy atom. The van der Waals surface area contributed by atoms with Crippen LogP contribution in [0.1, 0.15) is 34.1 Å². The van der Waals surface area contributed by atoms with Gasteiger partial charge in [0.2, 0.25) is 11.8 Å². The molecule has 0 fully saturated rings. The zero-order valence-corrected chi connectivity index (χ0v) is 10.8. The first kappa shape index (κ1) is 13.7. The standard InChI is InChI=1S/C12H20FN3O/c1-5-14-12-15-7-10(13)11(16-12)17-9(4)6-8(2)3/h7-9H,5-6H2,1-4H3,(H,14,15,16). The second kappa shape index (κ2) is 6.37. The molecule has 0 amide bonds. The van der Waals surface area contributed by atoms with Crippen LogP contribution in [-0.4, -0.2) is 22.6 Å². The van der Waals surface area contributed by atoms with Crippen molar-refractivity contribution in [1.29, 1.82) is 0 Å². The van der Waals surface area contributed by atoms with Crippen molar-refractivity contribution in [2.75, 3.05) is 11.9 Å². The molecule has 1 rings (SSSR count). The highest BCUT2D eigenvalue weighted by molar-refractivity contribution is 5.28. The average molecular weight is 241 g/mol. The molecule has 5 heteroatoms. The van der Waals surface area contributed by atoms with Crippen LogP contribution in [0.5, 0.6) is 5.88 Å². The topological polar surface area (TPSA) is 47.0 Å². The van der Waals surface area contributed by atoms with E-state index in [0.29, 0.717) is 18.4 Å². The van der Waals surface area contributed by atoms with Crippen LogP contribution in [0.3, 0.4) is 0 Å². The molecule has 0 saturated carbocycles. The highest BCUT2D eigenvalue weighted by atomic mass is 19.1. The van der Waals surface area contributed by atoms with Gasteiger partial charge in [0.25, 0.3) is 5.88 Å². The Morgan fingerprint density at radius 3 is 2.71 bits per heavy atom. The number of nitrogens with one attached hydrogen (secondary N) is 1. The third kappa shape index (κ3) is 4.54. The van der Waals surface area contributed by atoms with E-state index in [1.807, 2.05) is 13.8 Å². The van der Waals surface area contributed by atoms with Gasteiger partial charge in [-0.3, -0.25) is 0 Å². The van der Waals surface area contributed by atoms with Crippen molar-refractivity contribution >= 4 is 5.95 Å². The number of nitrogens with zero attached hydrogens (tertiary/aromatic N) is 2. The SMILES string of the molecule is CCNc1ncc(F)c(OC(C)CC(C)C)n1. The fraction of sp³-hybridized carbons (Fsp3) is 0.667. The summed E-state index contributed by atoms with van der Waals surface area (Å²) < 4.78 is 18.9. The Bertz CT molecular complexity index is 358. The Hall–Kier alpha value is -1.39. The van der Waals surface area contributed by atoms with E-state index in [-0.39, 0.29) is 12.0 Å². The molecule has 96 valence electrons. The van der Waals surface area contributed by atoms with Gasteiger partial charge in [0.15, 0.2) is 0 Å². The van der Waals surface area contributed by atoms with Gasteiger partial charge in [0.1, 0.15) is 0 Å². The molecule has 1 aromatic rings. The molecular formula is C12H20FN3O. The van der Waals surface area contributed by atoms with E-state index in [0.717, 1.165) is 12.6 Å². The molecule has 4 nitrogen and oxygen atoms in total. The highest BCUT2D eigenvalue weighted by Gasteiger charge is 2.13. The first-order valence-electron chi connectivity index (χ1n) is 5.96. The van der Waals surface area contributed by atoms with Crippen molar-refractivity contribution in [3.8, 4) is 5.88 Å². The molecular weight excluding hydrogens is 221 g/mol. The number of rotatable bonds is 6. The van der Waals surface area contributed by atoms with E-state index >= 15 is 0 Å². The molecule has 0 spiro atoms. The lowest BCUT2D eigenvalue weighted by molar-refractivity contribution is 0.177. The Kier molecular flexibility index (Phi) is 5.12. The summed E-state index contributed by atoms with van der Waals surface area (Å²) >= 11 is 0. The predicted molar refractivity (Wildman–Crippen MR) is 65.7 cm³/mol. The van der Waals surface area contributed by atoms with Crippen molar-refractivity contribution in [3.05, 3.63) is 12.0 Å². The van der Waals surface area contributed by atoms with Gasteiger partial charge in [-0.25, -0.2) is 4.98 Å². The lowest BCUT2D eigenvalue weighted by atomic mass is 10.1. The van der Waals surface area contributed by atoms with E-state index in [4.69, 9.17) is 4.74 Å². The molecule has 0 radical (unpaired) electrons. The lowest BCUT2D eigenvalue weighted by Gasteiger charge is -2.16. The van der Waals surface area contributed by atoms with Crippen LogP contribution in [0, 0.1) is 11.7 Å². The summed E-state index contributed by atoms with van der Waals surface area (Å²) in [6.45, 7) is 8.72. The normalized spacial score (nSPS) is 12.6. The second-order valence-electron chi connectivity index (χ2n) is 4.44. The van der Waals surface area contributed by atoms with Crippen LogP contribution in [-0.2, 0) is 0 Å². The van der Waals surface area contributed by atoms with Crippen molar-refractivity contribution in [3.63, 3.8) is 0 Å². The number of aromatic nitrogens is 2. The van der Waals surface area contributed by atoms with E-state index in [1.165, 1.54) is 0 Å². The van der Waals surface area contributed by atoms with Crippen molar-refractivity contribution in [2.45, 2.75) is 40.2 Å². The molecule has 0 bridgehead atoms. The molecule has 0 aromatic carbocycles. The van der Waals surface area contributed by atoms with Gasteiger partial charge in [0, 0.05) is 6.54 Å². The summed E-state index contributed by atoms with van der Waals surface area (Å²) in [6.07, 6.45) is 1.93. The summed E-state index contributed by atoms with van der Waals surface area (Å²) in [4.78, 5) is 7.81. The summed E-state index contributed by atoms with van der Waals surface area (Å²) in [5.74, 6) is 0.384. The zero-order valence-electron chi connectivity index (χ0n) is 10.8. The van der Waals surface area contributed by atoms with Crippen LogP contribution < -0.4 is 10.1 Å². The minimum Gasteiger partial charge on any atom is -0.472 e. The van der Waals surface area contributed by atoms with Crippen molar-refractivity contribution in [1.82, 2.24) is 9.97 Å². The summed E-state index contributed by atoms with van der Waals surface area (Å²) in [5, 5.41) is 2.92. The van der Waals surface area contributed by atoms with Gasteiger partial charge in [-0.1, -0.05) is 13.8 Å². The summed E-state index contributed by atoms with van der Waals surface area (Å²) in [5.41, 5.74) is 0. The number of hydrogen-bond acceptors (Lipinski definition) is 4. The fourth-order valence-corrected chi connectivity index (χ4v) is 1.58.